The molecule has 1 atom stereocenters. The van der Waals surface area contributed by atoms with E-state index >= 15 is 0 Å². The van der Waals surface area contributed by atoms with E-state index in [4.69, 9.17) is 15.2 Å². The molecular weight excluding hydrogens is 474 g/mol. The fraction of sp³-hybridized carbons (Fsp3) is 0.208. The number of pyridine rings is 1. The van der Waals surface area contributed by atoms with E-state index in [0.717, 1.165) is 21.3 Å². The van der Waals surface area contributed by atoms with E-state index in [2.05, 4.69) is 26.2 Å². The Hall–Kier alpha value is -3.23. The van der Waals surface area contributed by atoms with Crippen molar-refractivity contribution in [1.82, 2.24) is 10.3 Å². The smallest absolute Gasteiger partial charge is 0.429 e. The van der Waals surface area contributed by atoms with E-state index in [1.807, 2.05) is 42.5 Å². The Labute approximate surface area is 195 Å². The molecule has 166 valence electrons. The molecule has 7 nitrogen and oxygen atoms in total. The van der Waals surface area contributed by atoms with E-state index in [0.29, 0.717) is 25.1 Å². The number of hydrogen-bond donors (Lipinski definition) is 2. The van der Waals surface area contributed by atoms with Crippen LogP contribution in [-0.4, -0.2) is 29.6 Å². The molecule has 3 N–H and O–H groups in total. The number of nitrogens with zero attached hydrogens (tertiary/aromatic N) is 1. The third kappa shape index (κ3) is 7.47. The zero-order valence-electron chi connectivity index (χ0n) is 17.4. The largest absolute Gasteiger partial charge is 0.514 e. The Morgan fingerprint density at radius 3 is 2.50 bits per heavy atom. The molecule has 8 heteroatoms. The molecule has 3 aromatic rings. The number of rotatable bonds is 9. The molecule has 0 fully saturated rings. The Balaban J connectivity index is 1.40. The number of amides is 1. The van der Waals surface area contributed by atoms with Crippen LogP contribution in [0.15, 0.2) is 77.4 Å². The summed E-state index contributed by atoms with van der Waals surface area (Å²) in [5.41, 5.74) is 8.62. The summed E-state index contributed by atoms with van der Waals surface area (Å²) < 4.78 is 11.2. The van der Waals surface area contributed by atoms with Gasteiger partial charge < -0.3 is 20.5 Å². The Morgan fingerprint density at radius 2 is 1.78 bits per heavy atom. The first kappa shape index (κ1) is 23.4. The molecule has 0 saturated heterocycles. The quantitative estimate of drug-likeness (QED) is 0.344. The second kappa shape index (κ2) is 12.0. The summed E-state index contributed by atoms with van der Waals surface area (Å²) in [6.07, 6.45) is 1.93. The number of nitrogens with one attached hydrogen (secondary N) is 1. The first-order chi connectivity index (χ1) is 15.5. The molecule has 0 aliphatic heterocycles. The molecule has 1 heterocycles. The molecular formula is C24H24BrN3O4. The number of nitrogens with two attached hydrogens (primary N) is 1. The zero-order chi connectivity index (χ0) is 22.8. The lowest BCUT2D eigenvalue weighted by Crippen LogP contribution is -2.42. The van der Waals surface area contributed by atoms with Crippen LogP contribution in [0.25, 0.3) is 0 Å². The van der Waals surface area contributed by atoms with Crippen LogP contribution in [0.1, 0.15) is 16.8 Å². The molecule has 1 amide bonds. The summed E-state index contributed by atoms with van der Waals surface area (Å²) in [4.78, 5) is 28.4. The summed E-state index contributed by atoms with van der Waals surface area (Å²) >= 11 is 3.40. The topological polar surface area (TPSA) is 104 Å². The minimum atomic E-state index is -0.794. The third-order valence-corrected chi connectivity index (χ3v) is 5.40. The van der Waals surface area contributed by atoms with Gasteiger partial charge in [-0.25, -0.2) is 4.79 Å². The molecule has 2 aromatic carbocycles. The van der Waals surface area contributed by atoms with E-state index in [-0.39, 0.29) is 12.5 Å². The zero-order valence-corrected chi connectivity index (χ0v) is 19.0. The van der Waals surface area contributed by atoms with Crippen LogP contribution in [0.2, 0.25) is 0 Å². The normalized spacial score (nSPS) is 11.4. The highest BCUT2D eigenvalue weighted by Gasteiger charge is 2.14. The summed E-state index contributed by atoms with van der Waals surface area (Å²) in [7, 11) is 0. The Bertz CT molecular complexity index is 1030. The van der Waals surface area contributed by atoms with E-state index < -0.39 is 12.2 Å². The van der Waals surface area contributed by atoms with Crippen LogP contribution in [0.5, 0.6) is 5.75 Å². The molecule has 3 rings (SSSR count). The Kier molecular flexibility index (Phi) is 8.77. The first-order valence-electron chi connectivity index (χ1n) is 10.1. The lowest BCUT2D eigenvalue weighted by Gasteiger charge is -2.13. The second-order valence-electron chi connectivity index (χ2n) is 7.05. The highest BCUT2D eigenvalue weighted by Crippen LogP contribution is 2.18. The van der Waals surface area contributed by atoms with Gasteiger partial charge in [-0.3, -0.25) is 9.78 Å². The highest BCUT2D eigenvalue weighted by atomic mass is 79.9. The van der Waals surface area contributed by atoms with Crippen LogP contribution >= 0.6 is 15.9 Å². The fourth-order valence-corrected chi connectivity index (χ4v) is 3.31. The van der Waals surface area contributed by atoms with Gasteiger partial charge in [-0.2, -0.15) is 0 Å². The molecule has 0 unspecified atom stereocenters. The molecule has 32 heavy (non-hydrogen) atoms. The van der Waals surface area contributed by atoms with Gasteiger partial charge >= 0.3 is 6.16 Å². The van der Waals surface area contributed by atoms with E-state index in [1.165, 1.54) is 0 Å². The first-order valence-corrected chi connectivity index (χ1v) is 10.9. The van der Waals surface area contributed by atoms with Crippen LogP contribution in [0.4, 0.5) is 4.79 Å². The van der Waals surface area contributed by atoms with Crippen molar-refractivity contribution in [2.24, 2.45) is 5.73 Å². The maximum Gasteiger partial charge on any atom is 0.514 e. The maximum absolute atomic E-state index is 12.2. The minimum absolute atomic E-state index is 0.0998. The van der Waals surface area contributed by atoms with Gasteiger partial charge in [0.25, 0.3) is 0 Å². The van der Waals surface area contributed by atoms with Crippen LogP contribution in [-0.2, 0) is 29.0 Å². The molecule has 1 aromatic heterocycles. The molecule has 0 bridgehead atoms. The second-order valence-corrected chi connectivity index (χ2v) is 7.90. The van der Waals surface area contributed by atoms with E-state index in [1.54, 1.807) is 30.5 Å². The number of halogens is 1. The van der Waals surface area contributed by atoms with Gasteiger partial charge in [0.2, 0.25) is 5.91 Å². The minimum Gasteiger partial charge on any atom is -0.429 e. The lowest BCUT2D eigenvalue weighted by atomic mass is 10.1. The predicted molar refractivity (Wildman–Crippen MR) is 124 cm³/mol. The lowest BCUT2D eigenvalue weighted by molar-refractivity contribution is -0.122. The van der Waals surface area contributed by atoms with Gasteiger partial charge in [-0.05, 0) is 42.3 Å². The monoisotopic (exact) mass is 497 g/mol. The molecule has 0 aliphatic rings. The summed E-state index contributed by atoms with van der Waals surface area (Å²) in [5, 5.41) is 2.83. The van der Waals surface area contributed by atoms with Crippen molar-refractivity contribution in [3.8, 4) is 5.75 Å². The summed E-state index contributed by atoms with van der Waals surface area (Å²) in [5.74, 6) is 0.121. The molecule has 0 aliphatic carbocycles. The number of carbonyl (C=O) groups excluding carboxylic acids is 2. The van der Waals surface area contributed by atoms with Crippen molar-refractivity contribution in [1.29, 1.82) is 0 Å². The summed E-state index contributed by atoms with van der Waals surface area (Å²) in [6, 6.07) is 19.2. The van der Waals surface area contributed by atoms with Crippen LogP contribution in [0.3, 0.4) is 0 Å². The van der Waals surface area contributed by atoms with Gasteiger partial charge in [0.1, 0.15) is 12.4 Å². The third-order valence-electron chi connectivity index (χ3n) is 4.63. The van der Waals surface area contributed by atoms with Crippen molar-refractivity contribution >= 4 is 28.0 Å². The van der Waals surface area contributed by atoms with Gasteiger partial charge in [0.05, 0.1) is 6.04 Å². The van der Waals surface area contributed by atoms with Crippen molar-refractivity contribution in [3.05, 3.63) is 94.2 Å². The van der Waals surface area contributed by atoms with Crippen molar-refractivity contribution < 1.29 is 19.1 Å². The standard InChI is InChI=1S/C24H24BrN3O4/c25-21-7-2-1-5-18(21)16-31-24(30)32-20-10-8-17(9-11-20)15-22(26)23(29)28-14-12-19-6-3-4-13-27-19/h1-11,13,22H,12,14-16,26H2,(H,28,29)/t22-/m0/s1. The van der Waals surface area contributed by atoms with Gasteiger partial charge in [-0.1, -0.05) is 52.3 Å². The van der Waals surface area contributed by atoms with Crippen molar-refractivity contribution in [3.63, 3.8) is 0 Å². The van der Waals surface area contributed by atoms with Crippen LogP contribution < -0.4 is 15.8 Å². The molecule has 0 radical (unpaired) electrons. The van der Waals surface area contributed by atoms with Crippen LogP contribution in [0, 0.1) is 0 Å². The SMILES string of the molecule is N[C@@H](Cc1ccc(OC(=O)OCc2ccccc2Br)cc1)C(=O)NCCc1ccccn1. The number of hydrogen-bond acceptors (Lipinski definition) is 6. The number of aromatic nitrogens is 1. The maximum atomic E-state index is 12.2. The molecule has 0 saturated carbocycles. The summed E-state index contributed by atoms with van der Waals surface area (Å²) in [6.45, 7) is 0.570. The van der Waals surface area contributed by atoms with Gasteiger partial charge in [0, 0.05) is 34.9 Å². The van der Waals surface area contributed by atoms with Crippen molar-refractivity contribution in [2.45, 2.75) is 25.5 Å². The average Bonchev–Trinajstić information content (AvgIpc) is 2.80. The number of benzene rings is 2. The Morgan fingerprint density at radius 1 is 1.03 bits per heavy atom. The average molecular weight is 498 g/mol. The van der Waals surface area contributed by atoms with Crippen molar-refractivity contribution in [2.75, 3.05) is 6.54 Å². The number of carbonyl (C=O) groups is 2. The van der Waals surface area contributed by atoms with E-state index in [9.17, 15) is 9.59 Å². The molecule has 0 spiro atoms. The predicted octanol–water partition coefficient (Wildman–Crippen LogP) is 3.79. The fourth-order valence-electron chi connectivity index (χ4n) is 2.91. The highest BCUT2D eigenvalue weighted by molar-refractivity contribution is 9.10. The number of ether oxygens (including phenoxy) is 2. The van der Waals surface area contributed by atoms with Gasteiger partial charge in [-0.15, -0.1) is 0 Å². The van der Waals surface area contributed by atoms with Gasteiger partial charge in [0.15, 0.2) is 0 Å².